The zero-order valence-electron chi connectivity index (χ0n) is 12.5. The van der Waals surface area contributed by atoms with Gasteiger partial charge in [-0.1, -0.05) is 32.0 Å². The molecular formula is C16H21N5. The Balaban J connectivity index is 2.13. The van der Waals surface area contributed by atoms with E-state index in [1.54, 1.807) is 6.20 Å². The average molecular weight is 283 g/mol. The fourth-order valence-corrected chi connectivity index (χ4v) is 2.15. The van der Waals surface area contributed by atoms with Crippen molar-refractivity contribution in [2.45, 2.75) is 33.2 Å². The van der Waals surface area contributed by atoms with E-state index in [2.05, 4.69) is 52.6 Å². The molecule has 0 aliphatic rings. The van der Waals surface area contributed by atoms with Gasteiger partial charge in [0.2, 0.25) is 0 Å². The van der Waals surface area contributed by atoms with Gasteiger partial charge in [0, 0.05) is 11.9 Å². The first-order valence-corrected chi connectivity index (χ1v) is 7.18. The number of benzene rings is 1. The number of aliphatic imine (C=N–C) groups is 1. The lowest BCUT2D eigenvalue weighted by Gasteiger charge is -2.14. The van der Waals surface area contributed by atoms with Gasteiger partial charge in [-0.2, -0.15) is 10.2 Å². The minimum atomic E-state index is 0.399. The number of nitrogens with zero attached hydrogens (tertiary/aromatic N) is 3. The smallest absolute Gasteiger partial charge is 0.193 e. The summed E-state index contributed by atoms with van der Waals surface area (Å²) in [5.74, 6) is 0.399. The summed E-state index contributed by atoms with van der Waals surface area (Å²) in [6, 6.07) is 10.0. The van der Waals surface area contributed by atoms with Crippen molar-refractivity contribution in [1.29, 1.82) is 0 Å². The van der Waals surface area contributed by atoms with E-state index in [-0.39, 0.29) is 0 Å². The van der Waals surface area contributed by atoms with Crippen LogP contribution in [0.15, 0.2) is 41.5 Å². The second-order valence-electron chi connectivity index (χ2n) is 4.70. The number of guanidine groups is 1. The molecule has 5 heteroatoms. The minimum Gasteiger partial charge on any atom is -0.370 e. The van der Waals surface area contributed by atoms with Crippen molar-refractivity contribution in [3.63, 3.8) is 0 Å². The molecule has 2 aromatic rings. The fraction of sp³-hybridized carbons (Fsp3) is 0.312. The maximum absolute atomic E-state index is 5.99. The average Bonchev–Trinajstić information content (AvgIpc) is 2.54. The highest BCUT2D eigenvalue weighted by Gasteiger charge is 2.07. The molecule has 0 unspecified atom stereocenters. The molecule has 21 heavy (non-hydrogen) atoms. The molecule has 0 saturated carbocycles. The maximum Gasteiger partial charge on any atom is 0.193 e. The third-order valence-electron chi connectivity index (χ3n) is 3.29. The molecular weight excluding hydrogens is 262 g/mol. The molecule has 0 spiro atoms. The van der Waals surface area contributed by atoms with Crippen molar-refractivity contribution >= 4 is 11.6 Å². The number of hydrogen-bond donors (Lipinski definition) is 2. The van der Waals surface area contributed by atoms with Gasteiger partial charge in [0.25, 0.3) is 0 Å². The van der Waals surface area contributed by atoms with Gasteiger partial charge in [0.05, 0.1) is 12.2 Å². The summed E-state index contributed by atoms with van der Waals surface area (Å²) in [5.41, 5.74) is 10.3. The summed E-state index contributed by atoms with van der Waals surface area (Å²) in [4.78, 5) is 4.32. The van der Waals surface area contributed by atoms with Crippen LogP contribution < -0.4 is 11.1 Å². The number of anilines is 1. The first kappa shape index (κ1) is 15.0. The van der Waals surface area contributed by atoms with Gasteiger partial charge in [0.1, 0.15) is 0 Å². The normalized spacial score (nSPS) is 11.4. The third-order valence-corrected chi connectivity index (χ3v) is 3.29. The summed E-state index contributed by atoms with van der Waals surface area (Å²) in [5, 5.41) is 11.0. The van der Waals surface area contributed by atoms with Crippen LogP contribution >= 0.6 is 0 Å². The highest BCUT2D eigenvalue weighted by atomic mass is 15.1. The first-order chi connectivity index (χ1) is 10.2. The molecule has 0 saturated heterocycles. The number of nitrogens with two attached hydrogens (primary N) is 1. The van der Waals surface area contributed by atoms with Crippen LogP contribution in [0, 0.1) is 0 Å². The molecule has 3 N–H and O–H groups in total. The largest absolute Gasteiger partial charge is 0.370 e. The molecule has 110 valence electrons. The molecule has 5 nitrogen and oxygen atoms in total. The molecule has 0 atom stereocenters. The Morgan fingerprint density at radius 2 is 1.86 bits per heavy atom. The fourth-order valence-electron chi connectivity index (χ4n) is 2.15. The van der Waals surface area contributed by atoms with Crippen molar-refractivity contribution in [3.05, 3.63) is 53.3 Å². The Bertz CT molecular complexity index is 585. The number of aromatic nitrogens is 2. The number of hydrogen-bond acceptors (Lipinski definition) is 3. The van der Waals surface area contributed by atoms with Crippen LogP contribution in [0.3, 0.4) is 0 Å². The molecule has 1 aromatic carbocycles. The second kappa shape index (κ2) is 7.38. The van der Waals surface area contributed by atoms with E-state index < -0.39 is 0 Å². The van der Waals surface area contributed by atoms with Gasteiger partial charge in [0.15, 0.2) is 5.96 Å². The second-order valence-corrected chi connectivity index (χ2v) is 4.70. The highest BCUT2D eigenvalue weighted by Crippen LogP contribution is 2.22. The Labute approximate surface area is 125 Å². The molecule has 2 rings (SSSR count). The molecule has 1 aromatic heterocycles. The van der Waals surface area contributed by atoms with Crippen LogP contribution in [-0.4, -0.2) is 16.2 Å². The van der Waals surface area contributed by atoms with Crippen molar-refractivity contribution in [2.24, 2.45) is 10.7 Å². The summed E-state index contributed by atoms with van der Waals surface area (Å²) in [6.45, 7) is 4.68. The topological polar surface area (TPSA) is 76.2 Å². The molecule has 0 radical (unpaired) electrons. The Morgan fingerprint density at radius 1 is 1.14 bits per heavy atom. The van der Waals surface area contributed by atoms with Gasteiger partial charge in [-0.3, -0.25) is 0 Å². The number of aryl methyl sites for hydroxylation is 2. The minimum absolute atomic E-state index is 0.399. The van der Waals surface area contributed by atoms with E-state index >= 15 is 0 Å². The molecule has 1 heterocycles. The van der Waals surface area contributed by atoms with Gasteiger partial charge < -0.3 is 11.1 Å². The van der Waals surface area contributed by atoms with Crippen molar-refractivity contribution < 1.29 is 0 Å². The summed E-state index contributed by atoms with van der Waals surface area (Å²) in [6.07, 6.45) is 3.54. The van der Waals surface area contributed by atoms with Crippen LogP contribution in [0.25, 0.3) is 0 Å². The monoisotopic (exact) mass is 283 g/mol. The molecule has 0 aliphatic carbocycles. The molecule has 0 bridgehead atoms. The van der Waals surface area contributed by atoms with E-state index in [9.17, 15) is 0 Å². The number of rotatable bonds is 5. The van der Waals surface area contributed by atoms with E-state index in [1.165, 1.54) is 11.1 Å². The lowest BCUT2D eigenvalue weighted by atomic mass is 10.0. The van der Waals surface area contributed by atoms with Gasteiger partial charge in [-0.25, -0.2) is 4.99 Å². The van der Waals surface area contributed by atoms with E-state index in [4.69, 9.17) is 5.73 Å². The Morgan fingerprint density at radius 3 is 2.43 bits per heavy atom. The number of para-hydroxylation sites is 1. The molecule has 0 amide bonds. The lowest BCUT2D eigenvalue weighted by Crippen LogP contribution is -2.24. The summed E-state index contributed by atoms with van der Waals surface area (Å²) < 4.78 is 0. The first-order valence-electron chi connectivity index (χ1n) is 7.18. The van der Waals surface area contributed by atoms with Crippen LogP contribution in [0.5, 0.6) is 0 Å². The zero-order chi connectivity index (χ0) is 15.1. The SMILES string of the molecule is CCc1cccc(CC)c1NC(N)=NCc1cccnn1. The Kier molecular flexibility index (Phi) is 5.26. The van der Waals surface area contributed by atoms with Crippen molar-refractivity contribution in [1.82, 2.24) is 10.2 Å². The predicted molar refractivity (Wildman–Crippen MR) is 86.2 cm³/mol. The van der Waals surface area contributed by atoms with Gasteiger partial charge >= 0.3 is 0 Å². The van der Waals surface area contributed by atoms with E-state index in [0.29, 0.717) is 12.5 Å². The van der Waals surface area contributed by atoms with Crippen LogP contribution in [0.4, 0.5) is 5.69 Å². The summed E-state index contributed by atoms with van der Waals surface area (Å²) >= 11 is 0. The van der Waals surface area contributed by atoms with E-state index in [1.807, 2.05) is 12.1 Å². The zero-order valence-corrected chi connectivity index (χ0v) is 12.5. The van der Waals surface area contributed by atoms with Crippen LogP contribution in [-0.2, 0) is 19.4 Å². The molecule has 0 aliphatic heterocycles. The maximum atomic E-state index is 5.99. The van der Waals surface area contributed by atoms with Crippen LogP contribution in [0.1, 0.15) is 30.7 Å². The van der Waals surface area contributed by atoms with Crippen molar-refractivity contribution in [2.75, 3.05) is 5.32 Å². The van der Waals surface area contributed by atoms with E-state index in [0.717, 1.165) is 24.2 Å². The summed E-state index contributed by atoms with van der Waals surface area (Å²) in [7, 11) is 0. The van der Waals surface area contributed by atoms with Gasteiger partial charge in [-0.15, -0.1) is 0 Å². The molecule has 0 fully saturated rings. The predicted octanol–water partition coefficient (Wildman–Crippen LogP) is 2.53. The lowest BCUT2D eigenvalue weighted by molar-refractivity contribution is 0.896. The standard InChI is InChI=1S/C16H21N5/c1-3-12-7-5-8-13(4-2)15(12)20-16(17)18-11-14-9-6-10-19-21-14/h5-10H,3-4,11H2,1-2H3,(H3,17,18,20). The Hall–Kier alpha value is -2.43. The third kappa shape index (κ3) is 4.02. The van der Waals surface area contributed by atoms with Crippen molar-refractivity contribution in [3.8, 4) is 0 Å². The van der Waals surface area contributed by atoms with Crippen LogP contribution in [0.2, 0.25) is 0 Å². The number of nitrogens with one attached hydrogen (secondary N) is 1. The van der Waals surface area contributed by atoms with Gasteiger partial charge in [-0.05, 0) is 36.1 Å². The quantitative estimate of drug-likeness (QED) is 0.653. The highest BCUT2D eigenvalue weighted by molar-refractivity contribution is 5.93.